The van der Waals surface area contributed by atoms with Crippen LogP contribution in [0.25, 0.3) is 11.0 Å². The molecule has 0 aliphatic carbocycles. The Morgan fingerprint density at radius 2 is 2.04 bits per heavy atom. The van der Waals surface area contributed by atoms with Crippen LogP contribution in [-0.4, -0.2) is 47.4 Å². The predicted molar refractivity (Wildman–Crippen MR) is 94.5 cm³/mol. The lowest BCUT2D eigenvalue weighted by atomic mass is 9.86. The van der Waals surface area contributed by atoms with E-state index in [2.05, 4.69) is 30.8 Å². The topological polar surface area (TPSA) is 84.1 Å². The van der Waals surface area contributed by atoms with E-state index in [0.717, 1.165) is 36.5 Å². The molecular formula is C17H19N5O2S. The highest BCUT2D eigenvalue weighted by molar-refractivity contribution is 7.00. The normalized spacial score (nSPS) is 17.8. The van der Waals surface area contributed by atoms with Gasteiger partial charge in [0.1, 0.15) is 22.4 Å². The molecule has 1 aliphatic heterocycles. The van der Waals surface area contributed by atoms with Gasteiger partial charge in [-0.1, -0.05) is 6.07 Å². The molecule has 1 saturated heterocycles. The molecule has 1 aliphatic rings. The van der Waals surface area contributed by atoms with Crippen molar-refractivity contribution in [3.63, 3.8) is 0 Å². The highest BCUT2D eigenvalue weighted by Crippen LogP contribution is 2.32. The number of carbonyl (C=O) groups is 1. The first-order valence-corrected chi connectivity index (χ1v) is 8.99. The van der Waals surface area contributed by atoms with Gasteiger partial charge >= 0.3 is 5.97 Å². The minimum Gasteiger partial charge on any atom is -0.479 e. The fourth-order valence-electron chi connectivity index (χ4n) is 3.65. The number of carboxylic acids is 1. The molecule has 7 nitrogen and oxygen atoms in total. The molecule has 0 atom stereocenters. The Labute approximate surface area is 149 Å². The number of aryl methyl sites for hydroxylation is 1. The van der Waals surface area contributed by atoms with Crippen molar-refractivity contribution < 1.29 is 9.90 Å². The number of piperidine rings is 1. The van der Waals surface area contributed by atoms with Gasteiger partial charge in [0.15, 0.2) is 0 Å². The van der Waals surface area contributed by atoms with Gasteiger partial charge < -0.3 is 9.67 Å². The largest absolute Gasteiger partial charge is 0.479 e. The van der Waals surface area contributed by atoms with E-state index < -0.39 is 11.5 Å². The molecule has 0 amide bonds. The monoisotopic (exact) mass is 357 g/mol. The van der Waals surface area contributed by atoms with E-state index in [1.165, 1.54) is 17.3 Å². The number of imidazole rings is 1. The molecule has 1 aromatic carbocycles. The molecule has 0 saturated carbocycles. The molecule has 1 fully saturated rings. The summed E-state index contributed by atoms with van der Waals surface area (Å²) in [5.74, 6) is -0.0273. The summed E-state index contributed by atoms with van der Waals surface area (Å²) >= 11 is 1.22. The van der Waals surface area contributed by atoms with Crippen molar-refractivity contribution in [1.82, 2.24) is 23.2 Å². The first-order valence-electron chi connectivity index (χ1n) is 8.26. The van der Waals surface area contributed by atoms with Gasteiger partial charge in [0.2, 0.25) is 0 Å². The van der Waals surface area contributed by atoms with Crippen molar-refractivity contribution in [3.8, 4) is 0 Å². The highest BCUT2D eigenvalue weighted by Gasteiger charge is 2.43. The molecule has 4 rings (SSSR count). The number of benzene rings is 1. The Morgan fingerprint density at radius 3 is 2.72 bits per heavy atom. The second kappa shape index (κ2) is 6.20. The van der Waals surface area contributed by atoms with Crippen molar-refractivity contribution in [3.05, 3.63) is 42.0 Å². The molecule has 0 radical (unpaired) electrons. The maximum Gasteiger partial charge on any atom is 0.330 e. The zero-order valence-electron chi connectivity index (χ0n) is 13.9. The van der Waals surface area contributed by atoms with Crippen molar-refractivity contribution in [2.75, 3.05) is 13.1 Å². The lowest BCUT2D eigenvalue weighted by Crippen LogP contribution is -2.51. The van der Waals surface area contributed by atoms with Crippen LogP contribution in [-0.2, 0) is 16.9 Å². The van der Waals surface area contributed by atoms with Gasteiger partial charge in [0.25, 0.3) is 0 Å². The van der Waals surface area contributed by atoms with Crippen LogP contribution < -0.4 is 0 Å². The Hall–Kier alpha value is -2.32. The first-order chi connectivity index (χ1) is 12.1. The fraction of sp³-hybridized carbons (Fsp3) is 0.412. The smallest absolute Gasteiger partial charge is 0.330 e. The molecule has 0 bridgehead atoms. The van der Waals surface area contributed by atoms with Gasteiger partial charge in [-0.3, -0.25) is 4.90 Å². The lowest BCUT2D eigenvalue weighted by Gasteiger charge is -2.40. The van der Waals surface area contributed by atoms with Crippen LogP contribution in [0.3, 0.4) is 0 Å². The van der Waals surface area contributed by atoms with Crippen molar-refractivity contribution in [1.29, 1.82) is 0 Å². The maximum atomic E-state index is 12.0. The second-order valence-corrected chi connectivity index (χ2v) is 7.07. The lowest BCUT2D eigenvalue weighted by molar-refractivity contribution is -0.150. The third-order valence-corrected chi connectivity index (χ3v) is 5.65. The zero-order valence-corrected chi connectivity index (χ0v) is 14.7. The van der Waals surface area contributed by atoms with E-state index in [9.17, 15) is 9.90 Å². The van der Waals surface area contributed by atoms with Gasteiger partial charge in [0.05, 0.1) is 11.7 Å². The average molecular weight is 357 g/mol. The number of rotatable bonds is 4. The first kappa shape index (κ1) is 16.2. The van der Waals surface area contributed by atoms with Crippen molar-refractivity contribution in [2.24, 2.45) is 0 Å². The molecule has 3 heterocycles. The molecule has 2 aromatic heterocycles. The Bertz CT molecular complexity index is 911. The van der Waals surface area contributed by atoms with E-state index in [0.29, 0.717) is 12.8 Å². The molecule has 25 heavy (non-hydrogen) atoms. The molecule has 0 unspecified atom stereocenters. The molecule has 130 valence electrons. The summed E-state index contributed by atoms with van der Waals surface area (Å²) in [4.78, 5) is 18.5. The van der Waals surface area contributed by atoms with E-state index in [1.807, 2.05) is 17.6 Å². The SMILES string of the molecule is Cc1nccn1C1(C(=O)O)CCN(Cc2ccc3nsnc3c2)CC1. The minimum absolute atomic E-state index is 0.569. The summed E-state index contributed by atoms with van der Waals surface area (Å²) in [6.45, 7) is 4.12. The highest BCUT2D eigenvalue weighted by atomic mass is 32.1. The van der Waals surface area contributed by atoms with Crippen LogP contribution >= 0.6 is 11.7 Å². The molecule has 3 aromatic rings. The van der Waals surface area contributed by atoms with Crippen LogP contribution in [0.2, 0.25) is 0 Å². The summed E-state index contributed by atoms with van der Waals surface area (Å²) in [7, 11) is 0. The van der Waals surface area contributed by atoms with Gasteiger partial charge in [-0.2, -0.15) is 8.75 Å². The van der Waals surface area contributed by atoms with Crippen LogP contribution in [0.1, 0.15) is 24.2 Å². The maximum absolute atomic E-state index is 12.0. The van der Waals surface area contributed by atoms with Crippen LogP contribution in [0.4, 0.5) is 0 Å². The summed E-state index contributed by atoms with van der Waals surface area (Å²) in [5, 5.41) is 9.87. The number of likely N-dealkylation sites (tertiary alicyclic amines) is 1. The number of aliphatic carboxylic acids is 1. The van der Waals surface area contributed by atoms with E-state index >= 15 is 0 Å². The summed E-state index contributed by atoms with van der Waals surface area (Å²) < 4.78 is 10.3. The minimum atomic E-state index is -0.889. The van der Waals surface area contributed by atoms with Crippen molar-refractivity contribution >= 4 is 28.7 Å². The van der Waals surface area contributed by atoms with Gasteiger partial charge in [0, 0.05) is 32.0 Å². The van der Waals surface area contributed by atoms with Gasteiger partial charge in [-0.25, -0.2) is 9.78 Å². The number of fused-ring (bicyclic) bond motifs is 1. The third-order valence-electron chi connectivity index (χ3n) is 5.09. The van der Waals surface area contributed by atoms with Gasteiger partial charge in [-0.15, -0.1) is 0 Å². The fourth-order valence-corrected chi connectivity index (χ4v) is 4.17. The predicted octanol–water partition coefficient (Wildman–Crippen LogP) is 2.27. The van der Waals surface area contributed by atoms with Crippen LogP contribution in [0, 0.1) is 6.92 Å². The number of nitrogens with zero attached hydrogens (tertiary/aromatic N) is 5. The van der Waals surface area contributed by atoms with E-state index in [-0.39, 0.29) is 0 Å². The third kappa shape index (κ3) is 2.81. The Morgan fingerprint density at radius 1 is 1.28 bits per heavy atom. The number of hydrogen-bond donors (Lipinski definition) is 1. The summed E-state index contributed by atoms with van der Waals surface area (Å²) in [6, 6.07) is 6.13. The zero-order chi connectivity index (χ0) is 17.4. The van der Waals surface area contributed by atoms with Gasteiger partial charge in [-0.05, 0) is 37.5 Å². The average Bonchev–Trinajstić information content (AvgIpc) is 3.24. The van der Waals surface area contributed by atoms with Crippen molar-refractivity contribution in [2.45, 2.75) is 31.8 Å². The standard InChI is InChI=1S/C17H19N5O2S/c1-12-18-6-9-22(12)17(16(23)24)4-7-21(8-5-17)11-13-2-3-14-15(10-13)20-25-19-14/h2-3,6,9-10H,4-5,7-8,11H2,1H3,(H,23,24). The summed E-state index contributed by atoms with van der Waals surface area (Å²) in [6.07, 6.45) is 4.59. The van der Waals surface area contributed by atoms with Crippen LogP contribution in [0.15, 0.2) is 30.6 Å². The van der Waals surface area contributed by atoms with E-state index in [4.69, 9.17) is 0 Å². The molecule has 8 heteroatoms. The van der Waals surface area contributed by atoms with Crippen LogP contribution in [0.5, 0.6) is 0 Å². The number of hydrogen-bond acceptors (Lipinski definition) is 6. The molecule has 1 N–H and O–H groups in total. The Balaban J connectivity index is 1.50. The number of carboxylic acid groups (broad SMARTS) is 1. The second-order valence-electron chi connectivity index (χ2n) is 6.54. The molecular weight excluding hydrogens is 338 g/mol. The molecule has 0 spiro atoms. The van der Waals surface area contributed by atoms with E-state index in [1.54, 1.807) is 12.4 Å². The summed E-state index contributed by atoms with van der Waals surface area (Å²) in [5.41, 5.74) is 2.14. The Kier molecular flexibility index (Phi) is 4.01. The quantitative estimate of drug-likeness (QED) is 0.771. The number of aromatic nitrogens is 4.